The summed E-state index contributed by atoms with van der Waals surface area (Å²) in [6.07, 6.45) is -0.120. The lowest BCUT2D eigenvalue weighted by Gasteiger charge is -2.28. The Morgan fingerprint density at radius 1 is 1.14 bits per heavy atom. The highest BCUT2D eigenvalue weighted by Crippen LogP contribution is 2.32. The number of halogens is 1. The molecule has 1 unspecified atom stereocenters. The molecule has 2 aromatic carbocycles. The fraction of sp³-hybridized carbons (Fsp3) is 0.364. The first-order chi connectivity index (χ1) is 13.6. The molecule has 6 nitrogen and oxygen atoms in total. The van der Waals surface area contributed by atoms with E-state index >= 15 is 0 Å². The lowest BCUT2D eigenvalue weighted by molar-refractivity contribution is -0.154. The third-order valence-corrected chi connectivity index (χ3v) is 4.32. The molecule has 0 aromatic heterocycles. The fourth-order valence-electron chi connectivity index (χ4n) is 2.55. The zero-order valence-electron chi connectivity index (χ0n) is 16.6. The van der Waals surface area contributed by atoms with Crippen molar-refractivity contribution in [2.24, 2.45) is 5.92 Å². The highest BCUT2D eigenvalue weighted by Gasteiger charge is 2.34. The van der Waals surface area contributed by atoms with Crippen molar-refractivity contribution in [3.05, 3.63) is 65.0 Å². The Morgan fingerprint density at radius 2 is 1.79 bits per heavy atom. The number of hydrogen-bond acceptors (Lipinski definition) is 6. The van der Waals surface area contributed by atoms with Gasteiger partial charge in [0.25, 0.3) is 0 Å². The maximum absolute atomic E-state index is 13.0. The SMILES string of the molecule is Cc1ccc(C(O)(CO)COC(=O)Cc2ccc(F)cc2)c(OC(=O)C(C)C)c1. The zero-order valence-corrected chi connectivity index (χ0v) is 16.6. The van der Waals surface area contributed by atoms with Crippen molar-refractivity contribution in [3.8, 4) is 5.75 Å². The van der Waals surface area contributed by atoms with E-state index in [1.54, 1.807) is 32.9 Å². The summed E-state index contributed by atoms with van der Waals surface area (Å²) in [5.41, 5.74) is -0.493. The average molecular weight is 404 g/mol. The van der Waals surface area contributed by atoms with Crippen LogP contribution in [0, 0.1) is 18.7 Å². The van der Waals surface area contributed by atoms with E-state index in [-0.39, 0.29) is 23.7 Å². The summed E-state index contributed by atoms with van der Waals surface area (Å²) in [4.78, 5) is 24.1. The van der Waals surface area contributed by atoms with Gasteiger partial charge < -0.3 is 19.7 Å². The van der Waals surface area contributed by atoms with Crippen molar-refractivity contribution >= 4 is 11.9 Å². The number of hydrogen-bond donors (Lipinski definition) is 2. The third-order valence-electron chi connectivity index (χ3n) is 4.32. The van der Waals surface area contributed by atoms with Gasteiger partial charge in [-0.25, -0.2) is 4.39 Å². The van der Waals surface area contributed by atoms with Crippen LogP contribution < -0.4 is 4.74 Å². The summed E-state index contributed by atoms with van der Waals surface area (Å²) in [5.74, 6) is -1.87. The van der Waals surface area contributed by atoms with Crippen LogP contribution in [0.15, 0.2) is 42.5 Å². The lowest BCUT2D eigenvalue weighted by atomic mass is 9.93. The molecule has 0 radical (unpaired) electrons. The van der Waals surface area contributed by atoms with Gasteiger partial charge in [-0.15, -0.1) is 0 Å². The molecule has 0 fully saturated rings. The van der Waals surface area contributed by atoms with E-state index in [1.165, 1.54) is 30.3 Å². The molecule has 0 saturated carbocycles. The van der Waals surface area contributed by atoms with Crippen LogP contribution in [-0.4, -0.2) is 35.4 Å². The molecule has 0 amide bonds. The number of carbonyl (C=O) groups excluding carboxylic acids is 2. The van der Waals surface area contributed by atoms with Crippen molar-refractivity contribution in [1.29, 1.82) is 0 Å². The second-order valence-corrected chi connectivity index (χ2v) is 7.23. The Hall–Kier alpha value is -2.77. The summed E-state index contributed by atoms with van der Waals surface area (Å²) in [6.45, 7) is 3.84. The van der Waals surface area contributed by atoms with E-state index in [9.17, 15) is 24.2 Å². The van der Waals surface area contributed by atoms with Gasteiger partial charge in [-0.2, -0.15) is 0 Å². The van der Waals surface area contributed by atoms with Crippen molar-refractivity contribution in [1.82, 2.24) is 0 Å². The van der Waals surface area contributed by atoms with Gasteiger partial charge in [0.15, 0.2) is 5.60 Å². The zero-order chi connectivity index (χ0) is 21.6. The minimum atomic E-state index is -1.96. The number of aryl methyl sites for hydroxylation is 1. The van der Waals surface area contributed by atoms with Crippen LogP contribution in [-0.2, 0) is 26.3 Å². The van der Waals surface area contributed by atoms with Crippen molar-refractivity contribution in [2.75, 3.05) is 13.2 Å². The van der Waals surface area contributed by atoms with Gasteiger partial charge in [0, 0.05) is 5.56 Å². The molecule has 2 aromatic rings. The molecule has 0 spiro atoms. The van der Waals surface area contributed by atoms with Crippen molar-refractivity contribution < 1.29 is 33.7 Å². The standard InChI is InChI=1S/C22H25FO6/c1-14(2)21(26)29-19-10-15(3)4-9-18(19)22(27,12-24)13-28-20(25)11-16-5-7-17(23)8-6-16/h4-10,14,24,27H,11-13H2,1-3H3. The number of ether oxygens (including phenoxy) is 2. The summed E-state index contributed by atoms with van der Waals surface area (Å²) >= 11 is 0. The number of carbonyl (C=O) groups is 2. The van der Waals surface area contributed by atoms with Crippen LogP contribution in [0.3, 0.4) is 0 Å². The van der Waals surface area contributed by atoms with E-state index < -0.39 is 36.6 Å². The van der Waals surface area contributed by atoms with E-state index in [0.29, 0.717) is 5.56 Å². The quantitative estimate of drug-likeness (QED) is 0.519. The van der Waals surface area contributed by atoms with Crippen LogP contribution in [0.4, 0.5) is 4.39 Å². The van der Waals surface area contributed by atoms with Gasteiger partial charge in [-0.1, -0.05) is 38.1 Å². The van der Waals surface area contributed by atoms with Gasteiger partial charge in [-0.3, -0.25) is 9.59 Å². The summed E-state index contributed by atoms with van der Waals surface area (Å²) in [5, 5.41) is 20.7. The highest BCUT2D eigenvalue weighted by molar-refractivity contribution is 5.75. The fourth-order valence-corrected chi connectivity index (χ4v) is 2.55. The van der Waals surface area contributed by atoms with E-state index in [2.05, 4.69) is 0 Å². The molecule has 0 aliphatic heterocycles. The molecule has 0 aliphatic rings. The molecule has 0 heterocycles. The van der Waals surface area contributed by atoms with Crippen molar-refractivity contribution in [2.45, 2.75) is 32.8 Å². The smallest absolute Gasteiger partial charge is 0.313 e. The van der Waals surface area contributed by atoms with Gasteiger partial charge >= 0.3 is 11.9 Å². The molecule has 29 heavy (non-hydrogen) atoms. The molecule has 1 atom stereocenters. The predicted octanol–water partition coefficient (Wildman–Crippen LogP) is 2.66. The number of rotatable bonds is 8. The first kappa shape index (κ1) is 22.5. The Balaban J connectivity index is 2.16. The Morgan fingerprint density at radius 3 is 2.38 bits per heavy atom. The van der Waals surface area contributed by atoms with Gasteiger partial charge in [0.1, 0.15) is 18.2 Å². The summed E-state index contributed by atoms with van der Waals surface area (Å²) in [6, 6.07) is 10.1. The molecule has 2 N–H and O–H groups in total. The summed E-state index contributed by atoms with van der Waals surface area (Å²) < 4.78 is 23.5. The van der Waals surface area contributed by atoms with Crippen LogP contribution in [0.2, 0.25) is 0 Å². The second-order valence-electron chi connectivity index (χ2n) is 7.23. The number of aliphatic hydroxyl groups is 2. The number of aliphatic hydroxyl groups excluding tert-OH is 1. The minimum Gasteiger partial charge on any atom is -0.462 e. The molecule has 156 valence electrons. The molecule has 7 heteroatoms. The predicted molar refractivity (Wildman–Crippen MR) is 104 cm³/mol. The molecular formula is C22H25FO6. The first-order valence-corrected chi connectivity index (χ1v) is 9.21. The maximum atomic E-state index is 13.0. The van der Waals surface area contributed by atoms with Crippen LogP contribution in [0.5, 0.6) is 5.75 Å². The van der Waals surface area contributed by atoms with Crippen LogP contribution in [0.1, 0.15) is 30.5 Å². The monoisotopic (exact) mass is 404 g/mol. The van der Waals surface area contributed by atoms with Crippen LogP contribution in [0.25, 0.3) is 0 Å². The maximum Gasteiger partial charge on any atom is 0.313 e. The largest absolute Gasteiger partial charge is 0.462 e. The number of esters is 2. The summed E-state index contributed by atoms with van der Waals surface area (Å²) in [7, 11) is 0. The Labute approximate surface area is 168 Å². The van der Waals surface area contributed by atoms with Crippen LogP contribution >= 0.6 is 0 Å². The second kappa shape index (κ2) is 9.62. The lowest BCUT2D eigenvalue weighted by Crippen LogP contribution is -2.37. The Kier molecular flexibility index (Phi) is 7.47. The topological polar surface area (TPSA) is 93.1 Å². The average Bonchev–Trinajstić information content (AvgIpc) is 2.68. The molecule has 2 rings (SSSR count). The van der Waals surface area contributed by atoms with E-state index in [4.69, 9.17) is 9.47 Å². The van der Waals surface area contributed by atoms with E-state index in [1.807, 2.05) is 0 Å². The highest BCUT2D eigenvalue weighted by atomic mass is 19.1. The first-order valence-electron chi connectivity index (χ1n) is 9.21. The molecule has 0 saturated heterocycles. The molecule has 0 aliphatic carbocycles. The molecular weight excluding hydrogens is 379 g/mol. The van der Waals surface area contributed by atoms with Crippen molar-refractivity contribution in [3.63, 3.8) is 0 Å². The minimum absolute atomic E-state index is 0.0924. The van der Waals surface area contributed by atoms with E-state index in [0.717, 1.165) is 5.56 Å². The normalized spacial score (nSPS) is 13.1. The Bertz CT molecular complexity index is 862. The molecule has 0 bridgehead atoms. The van der Waals surface area contributed by atoms with Gasteiger partial charge in [0.2, 0.25) is 0 Å². The third kappa shape index (κ3) is 6.10. The van der Waals surface area contributed by atoms with Gasteiger partial charge in [0.05, 0.1) is 18.9 Å². The number of benzene rings is 2. The van der Waals surface area contributed by atoms with Gasteiger partial charge in [-0.05, 0) is 36.2 Å².